The number of aliphatic carboxylic acids is 1. The van der Waals surface area contributed by atoms with Crippen LogP contribution in [0.5, 0.6) is 0 Å². The van der Waals surface area contributed by atoms with Gasteiger partial charge in [-0.05, 0) is 36.5 Å². The Kier molecular flexibility index (Phi) is 1.07. The van der Waals surface area contributed by atoms with E-state index in [4.69, 9.17) is 5.11 Å². The summed E-state index contributed by atoms with van der Waals surface area (Å²) in [4.78, 5) is 10.9. The Morgan fingerprint density at radius 3 is 2.75 bits per heavy atom. The summed E-state index contributed by atoms with van der Waals surface area (Å²) >= 11 is 0. The third kappa shape index (κ3) is 0.680. The molecule has 5 unspecified atom stereocenters. The minimum absolute atomic E-state index is 0.0660. The number of carbonyl (C=O) groups is 1. The van der Waals surface area contributed by atoms with E-state index in [1.165, 1.54) is 6.42 Å². The van der Waals surface area contributed by atoms with Crippen LogP contribution in [0.15, 0.2) is 12.2 Å². The number of rotatable bonds is 1. The SMILES string of the molecule is O=C(O)C1CC2C=CC1C1CC21. The van der Waals surface area contributed by atoms with Gasteiger partial charge in [-0.1, -0.05) is 12.2 Å². The van der Waals surface area contributed by atoms with E-state index in [2.05, 4.69) is 12.2 Å². The topological polar surface area (TPSA) is 37.3 Å². The van der Waals surface area contributed by atoms with Gasteiger partial charge >= 0.3 is 5.97 Å². The predicted octanol–water partition coefficient (Wildman–Crippen LogP) is 1.53. The lowest BCUT2D eigenvalue weighted by molar-refractivity contribution is -0.145. The van der Waals surface area contributed by atoms with Gasteiger partial charge in [0.1, 0.15) is 0 Å². The highest BCUT2D eigenvalue weighted by atomic mass is 16.4. The second-order valence-electron chi connectivity index (χ2n) is 4.37. The highest BCUT2D eigenvalue weighted by Crippen LogP contribution is 2.61. The fourth-order valence-corrected chi connectivity index (χ4v) is 3.13. The summed E-state index contributed by atoms with van der Waals surface area (Å²) in [5.41, 5.74) is 0. The Labute approximate surface area is 71.3 Å². The third-order valence-corrected chi connectivity index (χ3v) is 3.82. The maximum absolute atomic E-state index is 10.9. The molecule has 0 aromatic carbocycles. The normalized spacial score (nSPS) is 53.5. The number of hydrogen-bond acceptors (Lipinski definition) is 1. The summed E-state index contributed by atoms with van der Waals surface area (Å²) in [5.74, 6) is 1.91. The van der Waals surface area contributed by atoms with Crippen molar-refractivity contribution in [3.8, 4) is 0 Å². The molecule has 2 nitrogen and oxygen atoms in total. The minimum atomic E-state index is -0.584. The summed E-state index contributed by atoms with van der Waals surface area (Å²) in [7, 11) is 0. The largest absolute Gasteiger partial charge is 0.481 e. The monoisotopic (exact) mass is 164 g/mol. The van der Waals surface area contributed by atoms with Crippen LogP contribution in [0.2, 0.25) is 0 Å². The van der Waals surface area contributed by atoms with Crippen molar-refractivity contribution < 1.29 is 9.90 Å². The van der Waals surface area contributed by atoms with E-state index in [0.29, 0.717) is 11.8 Å². The van der Waals surface area contributed by atoms with E-state index in [1.54, 1.807) is 0 Å². The van der Waals surface area contributed by atoms with Crippen LogP contribution in [0.3, 0.4) is 0 Å². The Balaban J connectivity index is 1.94. The first kappa shape index (κ1) is 6.70. The minimum Gasteiger partial charge on any atom is -0.481 e. The van der Waals surface area contributed by atoms with Gasteiger partial charge in [0.05, 0.1) is 5.92 Å². The summed E-state index contributed by atoms with van der Waals surface area (Å²) in [6, 6.07) is 0. The van der Waals surface area contributed by atoms with Gasteiger partial charge in [-0.25, -0.2) is 0 Å². The summed E-state index contributed by atoms with van der Waals surface area (Å²) in [5, 5.41) is 8.96. The molecule has 0 aliphatic heterocycles. The lowest BCUT2D eigenvalue weighted by atomic mass is 9.69. The van der Waals surface area contributed by atoms with Crippen molar-refractivity contribution >= 4 is 5.97 Å². The van der Waals surface area contributed by atoms with Gasteiger partial charge in [-0.15, -0.1) is 0 Å². The number of fused-ring (bicyclic) bond motifs is 1. The molecule has 1 N–H and O–H groups in total. The molecule has 0 aromatic rings. The second-order valence-corrected chi connectivity index (χ2v) is 4.37. The molecule has 0 heterocycles. The van der Waals surface area contributed by atoms with Crippen molar-refractivity contribution in [1.29, 1.82) is 0 Å². The number of carboxylic acids is 1. The molecular formula is C10H12O2. The van der Waals surface area contributed by atoms with Gasteiger partial charge in [-0.2, -0.15) is 0 Å². The summed E-state index contributed by atoms with van der Waals surface area (Å²) < 4.78 is 0. The molecule has 64 valence electrons. The Bertz CT molecular complexity index is 269. The van der Waals surface area contributed by atoms with E-state index in [1.807, 2.05) is 0 Å². The van der Waals surface area contributed by atoms with Crippen molar-refractivity contribution in [3.05, 3.63) is 12.2 Å². The highest BCUT2D eigenvalue weighted by Gasteiger charge is 2.56. The molecule has 2 heteroatoms. The Hall–Kier alpha value is -0.790. The molecule has 12 heavy (non-hydrogen) atoms. The zero-order chi connectivity index (χ0) is 8.29. The lowest BCUT2D eigenvalue weighted by Crippen LogP contribution is -2.34. The second kappa shape index (κ2) is 1.93. The molecule has 4 rings (SSSR count). The Morgan fingerprint density at radius 2 is 2.08 bits per heavy atom. The zero-order valence-electron chi connectivity index (χ0n) is 6.81. The van der Waals surface area contributed by atoms with Crippen LogP contribution < -0.4 is 0 Å². The number of carboxylic acid groups (broad SMARTS) is 1. The van der Waals surface area contributed by atoms with Crippen LogP contribution in [0.1, 0.15) is 12.8 Å². The van der Waals surface area contributed by atoms with Crippen LogP contribution in [0, 0.1) is 29.6 Å². The van der Waals surface area contributed by atoms with E-state index in [9.17, 15) is 4.79 Å². The molecule has 0 spiro atoms. The molecular weight excluding hydrogens is 152 g/mol. The maximum Gasteiger partial charge on any atom is 0.307 e. The molecule has 4 aliphatic carbocycles. The molecule has 5 atom stereocenters. The quantitative estimate of drug-likeness (QED) is 0.597. The first-order valence-corrected chi connectivity index (χ1v) is 4.68. The van der Waals surface area contributed by atoms with Crippen LogP contribution in [-0.2, 0) is 4.79 Å². The van der Waals surface area contributed by atoms with E-state index in [0.717, 1.165) is 18.3 Å². The van der Waals surface area contributed by atoms with Gasteiger partial charge in [-0.3, -0.25) is 4.79 Å². The van der Waals surface area contributed by atoms with Gasteiger partial charge in [0.2, 0.25) is 0 Å². The average Bonchev–Trinajstić information content (AvgIpc) is 2.84. The molecule has 0 amide bonds. The first-order chi connectivity index (χ1) is 5.77. The Morgan fingerprint density at radius 1 is 1.25 bits per heavy atom. The number of hydrogen-bond donors (Lipinski definition) is 1. The maximum atomic E-state index is 10.9. The van der Waals surface area contributed by atoms with Crippen LogP contribution in [-0.4, -0.2) is 11.1 Å². The van der Waals surface area contributed by atoms with Gasteiger partial charge in [0.15, 0.2) is 0 Å². The molecule has 2 bridgehead atoms. The van der Waals surface area contributed by atoms with Crippen molar-refractivity contribution in [2.75, 3.05) is 0 Å². The van der Waals surface area contributed by atoms with Crippen LogP contribution >= 0.6 is 0 Å². The van der Waals surface area contributed by atoms with Crippen molar-refractivity contribution in [2.45, 2.75) is 12.8 Å². The van der Waals surface area contributed by atoms with Crippen LogP contribution in [0.25, 0.3) is 0 Å². The van der Waals surface area contributed by atoms with Crippen molar-refractivity contribution in [1.82, 2.24) is 0 Å². The molecule has 4 aliphatic rings. The average molecular weight is 164 g/mol. The molecule has 0 aromatic heterocycles. The standard InChI is InChI=1S/C10H12O2/c11-10(12)9-3-5-1-2-6(9)8-4-7(5)8/h1-2,5-9H,3-4H2,(H,11,12). The van der Waals surface area contributed by atoms with E-state index in [-0.39, 0.29) is 5.92 Å². The fourth-order valence-electron chi connectivity index (χ4n) is 3.13. The van der Waals surface area contributed by atoms with Crippen molar-refractivity contribution in [3.63, 3.8) is 0 Å². The smallest absolute Gasteiger partial charge is 0.307 e. The molecule has 2 fully saturated rings. The third-order valence-electron chi connectivity index (χ3n) is 3.82. The summed E-state index contributed by atoms with van der Waals surface area (Å²) in [6.45, 7) is 0. The number of allylic oxidation sites excluding steroid dienone is 2. The molecule has 0 saturated heterocycles. The van der Waals surface area contributed by atoms with Gasteiger partial charge < -0.3 is 5.11 Å². The van der Waals surface area contributed by atoms with E-state index >= 15 is 0 Å². The first-order valence-electron chi connectivity index (χ1n) is 4.68. The predicted molar refractivity (Wildman–Crippen MR) is 43.5 cm³/mol. The lowest BCUT2D eigenvalue weighted by Gasteiger charge is -2.34. The van der Waals surface area contributed by atoms with E-state index < -0.39 is 5.97 Å². The zero-order valence-corrected chi connectivity index (χ0v) is 6.81. The molecule has 2 saturated carbocycles. The summed E-state index contributed by atoms with van der Waals surface area (Å²) in [6.07, 6.45) is 6.59. The van der Waals surface area contributed by atoms with Gasteiger partial charge in [0.25, 0.3) is 0 Å². The highest BCUT2D eigenvalue weighted by molar-refractivity contribution is 5.71. The van der Waals surface area contributed by atoms with Crippen LogP contribution in [0.4, 0.5) is 0 Å². The van der Waals surface area contributed by atoms with Gasteiger partial charge in [0, 0.05) is 0 Å². The van der Waals surface area contributed by atoms with Crippen molar-refractivity contribution in [2.24, 2.45) is 29.6 Å². The fraction of sp³-hybridized carbons (Fsp3) is 0.700. The molecule has 0 radical (unpaired) electrons.